The van der Waals surface area contributed by atoms with Crippen LogP contribution in [0.5, 0.6) is 0 Å². The van der Waals surface area contributed by atoms with E-state index in [1.807, 2.05) is 13.0 Å². The Kier molecular flexibility index (Phi) is 4.18. The first-order chi connectivity index (χ1) is 9.10. The molecule has 0 saturated carbocycles. The van der Waals surface area contributed by atoms with Gasteiger partial charge in [0.05, 0.1) is 11.6 Å². The van der Waals surface area contributed by atoms with Crippen molar-refractivity contribution in [3.05, 3.63) is 63.4 Å². The summed E-state index contributed by atoms with van der Waals surface area (Å²) in [7, 11) is 0. The molecule has 19 heavy (non-hydrogen) atoms. The largest absolute Gasteiger partial charge is 0.380 e. The van der Waals surface area contributed by atoms with Crippen molar-refractivity contribution in [2.75, 3.05) is 5.32 Å². The summed E-state index contributed by atoms with van der Waals surface area (Å²) in [5.41, 5.74) is 3.47. The van der Waals surface area contributed by atoms with Gasteiger partial charge in [-0.15, -0.1) is 0 Å². The van der Waals surface area contributed by atoms with Crippen molar-refractivity contribution in [2.24, 2.45) is 0 Å². The summed E-state index contributed by atoms with van der Waals surface area (Å²) >= 11 is 3.42. The van der Waals surface area contributed by atoms with Crippen LogP contribution in [0.1, 0.15) is 16.7 Å². The first-order valence-electron chi connectivity index (χ1n) is 5.78. The van der Waals surface area contributed by atoms with Crippen molar-refractivity contribution in [1.29, 1.82) is 5.26 Å². The van der Waals surface area contributed by atoms with Gasteiger partial charge in [0.2, 0.25) is 0 Å². The highest BCUT2D eigenvalue weighted by molar-refractivity contribution is 9.10. The van der Waals surface area contributed by atoms with Crippen LogP contribution in [0.15, 0.2) is 40.9 Å². The van der Waals surface area contributed by atoms with E-state index in [4.69, 9.17) is 5.26 Å². The topological polar surface area (TPSA) is 35.8 Å². The van der Waals surface area contributed by atoms with Crippen LogP contribution in [0.2, 0.25) is 0 Å². The van der Waals surface area contributed by atoms with Crippen molar-refractivity contribution in [3.8, 4) is 6.07 Å². The van der Waals surface area contributed by atoms with Crippen LogP contribution in [-0.4, -0.2) is 0 Å². The highest BCUT2D eigenvalue weighted by Crippen LogP contribution is 2.24. The third-order valence-corrected chi connectivity index (χ3v) is 3.53. The van der Waals surface area contributed by atoms with Crippen LogP contribution in [0.25, 0.3) is 0 Å². The van der Waals surface area contributed by atoms with Gasteiger partial charge in [0.15, 0.2) is 0 Å². The Morgan fingerprint density at radius 3 is 2.68 bits per heavy atom. The Morgan fingerprint density at radius 1 is 1.26 bits per heavy atom. The molecule has 2 nitrogen and oxygen atoms in total. The molecule has 2 rings (SSSR count). The second-order valence-electron chi connectivity index (χ2n) is 4.23. The van der Waals surface area contributed by atoms with E-state index in [1.54, 1.807) is 18.2 Å². The number of rotatable bonds is 3. The predicted molar refractivity (Wildman–Crippen MR) is 77.3 cm³/mol. The second kappa shape index (κ2) is 5.85. The Morgan fingerprint density at radius 2 is 2.05 bits per heavy atom. The summed E-state index contributed by atoms with van der Waals surface area (Å²) in [6.07, 6.45) is 0. The van der Waals surface area contributed by atoms with E-state index in [2.05, 4.69) is 27.3 Å². The quantitative estimate of drug-likeness (QED) is 0.911. The van der Waals surface area contributed by atoms with Gasteiger partial charge in [-0.1, -0.05) is 6.07 Å². The standard InChI is InChI=1S/C15H12BrFN2/c1-10-6-13(17)4-3-12(10)9-19-15-5-2-11(8-18)7-14(15)16/h2-7,19H,9H2,1H3. The fourth-order valence-electron chi connectivity index (χ4n) is 1.78. The number of nitrogens with zero attached hydrogens (tertiary/aromatic N) is 1. The monoisotopic (exact) mass is 318 g/mol. The Balaban J connectivity index is 2.13. The molecule has 4 heteroatoms. The number of hydrogen-bond acceptors (Lipinski definition) is 2. The number of hydrogen-bond donors (Lipinski definition) is 1. The minimum Gasteiger partial charge on any atom is -0.380 e. The van der Waals surface area contributed by atoms with Crippen LogP contribution in [0.4, 0.5) is 10.1 Å². The van der Waals surface area contributed by atoms with Crippen molar-refractivity contribution < 1.29 is 4.39 Å². The zero-order chi connectivity index (χ0) is 13.8. The minimum absolute atomic E-state index is 0.221. The van der Waals surface area contributed by atoms with Gasteiger partial charge in [-0.05, 0) is 64.3 Å². The molecule has 0 aliphatic rings. The molecule has 0 saturated heterocycles. The summed E-state index contributed by atoms with van der Waals surface area (Å²) in [5.74, 6) is -0.221. The molecule has 0 radical (unpaired) electrons. The van der Waals surface area contributed by atoms with Gasteiger partial charge < -0.3 is 5.32 Å². The van der Waals surface area contributed by atoms with Crippen molar-refractivity contribution in [3.63, 3.8) is 0 Å². The van der Waals surface area contributed by atoms with Crippen molar-refractivity contribution >= 4 is 21.6 Å². The lowest BCUT2D eigenvalue weighted by Crippen LogP contribution is -2.02. The molecular formula is C15H12BrFN2. The Hall–Kier alpha value is -1.86. The third-order valence-electron chi connectivity index (χ3n) is 2.87. The predicted octanol–water partition coefficient (Wildman–Crippen LogP) is 4.38. The van der Waals surface area contributed by atoms with Gasteiger partial charge in [0.25, 0.3) is 0 Å². The van der Waals surface area contributed by atoms with Gasteiger partial charge >= 0.3 is 0 Å². The van der Waals surface area contributed by atoms with Crippen LogP contribution in [0.3, 0.4) is 0 Å². The molecule has 0 bridgehead atoms. The molecular weight excluding hydrogens is 307 g/mol. The Bertz CT molecular complexity index is 647. The molecule has 2 aromatic carbocycles. The average molecular weight is 319 g/mol. The summed E-state index contributed by atoms with van der Waals surface area (Å²) in [6, 6.07) is 12.2. The van der Waals surface area contributed by atoms with E-state index in [0.29, 0.717) is 12.1 Å². The number of nitriles is 1. The fourth-order valence-corrected chi connectivity index (χ4v) is 2.30. The van der Waals surface area contributed by atoms with Crippen molar-refractivity contribution in [1.82, 2.24) is 0 Å². The van der Waals surface area contributed by atoms with Crippen LogP contribution < -0.4 is 5.32 Å². The van der Waals surface area contributed by atoms with E-state index in [0.717, 1.165) is 21.3 Å². The molecule has 0 fully saturated rings. The molecule has 0 aromatic heterocycles. The maximum Gasteiger partial charge on any atom is 0.123 e. The SMILES string of the molecule is Cc1cc(F)ccc1CNc1ccc(C#N)cc1Br. The summed E-state index contributed by atoms with van der Waals surface area (Å²) in [4.78, 5) is 0. The first kappa shape index (κ1) is 13.6. The number of halogens is 2. The lowest BCUT2D eigenvalue weighted by atomic mass is 10.1. The van der Waals surface area contributed by atoms with E-state index >= 15 is 0 Å². The maximum absolute atomic E-state index is 13.0. The lowest BCUT2D eigenvalue weighted by Gasteiger charge is -2.11. The molecule has 0 atom stereocenters. The van der Waals surface area contributed by atoms with Gasteiger partial charge in [-0.25, -0.2) is 4.39 Å². The van der Waals surface area contributed by atoms with E-state index in [9.17, 15) is 4.39 Å². The van der Waals surface area contributed by atoms with E-state index in [1.165, 1.54) is 12.1 Å². The molecule has 0 aliphatic heterocycles. The minimum atomic E-state index is -0.221. The molecule has 0 amide bonds. The molecule has 0 unspecified atom stereocenters. The zero-order valence-electron chi connectivity index (χ0n) is 10.4. The average Bonchev–Trinajstić information content (AvgIpc) is 2.39. The van der Waals surface area contributed by atoms with Crippen LogP contribution in [0, 0.1) is 24.1 Å². The number of nitrogens with one attached hydrogen (secondary N) is 1. The van der Waals surface area contributed by atoms with E-state index < -0.39 is 0 Å². The molecule has 0 spiro atoms. The number of anilines is 1. The van der Waals surface area contributed by atoms with Gasteiger partial charge in [-0.2, -0.15) is 5.26 Å². The fraction of sp³-hybridized carbons (Fsp3) is 0.133. The highest BCUT2D eigenvalue weighted by Gasteiger charge is 2.03. The molecule has 0 aliphatic carbocycles. The van der Waals surface area contributed by atoms with Crippen molar-refractivity contribution in [2.45, 2.75) is 13.5 Å². The summed E-state index contributed by atoms with van der Waals surface area (Å²) in [5, 5.41) is 12.1. The number of benzene rings is 2. The van der Waals surface area contributed by atoms with Crippen LogP contribution >= 0.6 is 15.9 Å². The summed E-state index contributed by atoms with van der Waals surface area (Å²) in [6.45, 7) is 2.49. The van der Waals surface area contributed by atoms with Gasteiger partial charge in [0, 0.05) is 16.7 Å². The molecule has 0 heterocycles. The smallest absolute Gasteiger partial charge is 0.123 e. The van der Waals surface area contributed by atoms with Gasteiger partial charge in [-0.3, -0.25) is 0 Å². The highest BCUT2D eigenvalue weighted by atomic mass is 79.9. The third kappa shape index (κ3) is 3.33. The molecule has 1 N–H and O–H groups in total. The second-order valence-corrected chi connectivity index (χ2v) is 5.09. The lowest BCUT2D eigenvalue weighted by molar-refractivity contribution is 0.625. The summed E-state index contributed by atoms with van der Waals surface area (Å²) < 4.78 is 13.8. The Labute approximate surface area is 120 Å². The number of aryl methyl sites for hydroxylation is 1. The molecule has 96 valence electrons. The van der Waals surface area contributed by atoms with Gasteiger partial charge in [0.1, 0.15) is 5.82 Å². The maximum atomic E-state index is 13.0. The zero-order valence-corrected chi connectivity index (χ0v) is 12.0. The van der Waals surface area contributed by atoms with E-state index in [-0.39, 0.29) is 5.82 Å². The normalized spacial score (nSPS) is 10.0. The first-order valence-corrected chi connectivity index (χ1v) is 6.58. The van der Waals surface area contributed by atoms with Crippen LogP contribution in [-0.2, 0) is 6.54 Å². The molecule has 2 aromatic rings.